The van der Waals surface area contributed by atoms with Gasteiger partial charge < -0.3 is 10.4 Å². The summed E-state index contributed by atoms with van der Waals surface area (Å²) in [5.74, 6) is 0. The summed E-state index contributed by atoms with van der Waals surface area (Å²) in [7, 11) is 0. The molecule has 0 amide bonds. The van der Waals surface area contributed by atoms with E-state index in [0.717, 1.165) is 14.8 Å². The fourth-order valence-corrected chi connectivity index (χ4v) is 2.51. The second-order valence-corrected chi connectivity index (χ2v) is 5.59. The quantitative estimate of drug-likeness (QED) is 0.479. The van der Waals surface area contributed by atoms with Crippen LogP contribution in [-0.4, -0.2) is 10.0 Å². The van der Waals surface area contributed by atoms with Crippen LogP contribution >= 0.6 is 22.6 Å². The number of hydrogen-bond donors (Lipinski definition) is 2. The van der Waals surface area contributed by atoms with Crippen molar-refractivity contribution < 1.29 is 10.0 Å². The van der Waals surface area contributed by atoms with Crippen LogP contribution < -0.4 is 5.32 Å². The van der Waals surface area contributed by atoms with Crippen LogP contribution in [0.1, 0.15) is 11.1 Å². The number of nitrogens with zero attached hydrogens (tertiary/aromatic N) is 1. The van der Waals surface area contributed by atoms with Gasteiger partial charge in [0.15, 0.2) is 0 Å². The highest BCUT2D eigenvalue weighted by molar-refractivity contribution is 14.1. The Bertz CT molecular complexity index is 659. The number of non-ortho nitro benzene ring substituents is 1. The van der Waals surface area contributed by atoms with Crippen molar-refractivity contribution in [1.29, 1.82) is 0 Å². The minimum atomic E-state index is -0.473. The van der Waals surface area contributed by atoms with Gasteiger partial charge in [0.1, 0.15) is 0 Å². The van der Waals surface area contributed by atoms with Crippen molar-refractivity contribution in [2.45, 2.75) is 13.5 Å². The smallest absolute Gasteiger partial charge is 0.269 e. The fourth-order valence-electron chi connectivity index (χ4n) is 1.86. The van der Waals surface area contributed by atoms with E-state index in [2.05, 4.69) is 27.9 Å². The highest BCUT2D eigenvalue weighted by Crippen LogP contribution is 2.27. The minimum absolute atomic E-state index is 0.0288. The number of nitrogens with one attached hydrogen (secondary N) is 1. The molecule has 2 aromatic rings. The van der Waals surface area contributed by atoms with E-state index in [1.165, 1.54) is 12.1 Å². The maximum Gasteiger partial charge on any atom is 0.269 e. The number of anilines is 2. The molecule has 6 heteroatoms. The molecule has 5 nitrogen and oxygen atoms in total. The highest BCUT2D eigenvalue weighted by atomic mass is 127. The Morgan fingerprint density at radius 1 is 1.25 bits per heavy atom. The van der Waals surface area contributed by atoms with Crippen molar-refractivity contribution in [2.75, 3.05) is 5.32 Å². The van der Waals surface area contributed by atoms with E-state index in [1.807, 2.05) is 25.1 Å². The average Bonchev–Trinajstić information content (AvgIpc) is 2.42. The molecular formula is C14H13IN2O3. The zero-order valence-electron chi connectivity index (χ0n) is 10.8. The summed E-state index contributed by atoms with van der Waals surface area (Å²) in [6, 6.07) is 10.4. The Kier molecular flexibility index (Phi) is 4.56. The third-order valence-electron chi connectivity index (χ3n) is 2.93. The molecule has 2 aromatic carbocycles. The van der Waals surface area contributed by atoms with Gasteiger partial charge in [0, 0.05) is 32.6 Å². The van der Waals surface area contributed by atoms with E-state index < -0.39 is 4.92 Å². The van der Waals surface area contributed by atoms with Gasteiger partial charge in [0.2, 0.25) is 0 Å². The Labute approximate surface area is 129 Å². The summed E-state index contributed by atoms with van der Waals surface area (Å²) in [6.07, 6.45) is 0. The number of aryl methyl sites for hydroxylation is 1. The molecule has 0 heterocycles. The number of rotatable bonds is 4. The number of nitro groups is 1. The minimum Gasteiger partial charge on any atom is -0.392 e. The number of hydrogen-bond acceptors (Lipinski definition) is 4. The van der Waals surface area contributed by atoms with E-state index >= 15 is 0 Å². The summed E-state index contributed by atoms with van der Waals surface area (Å²) < 4.78 is 1.14. The molecule has 0 aliphatic rings. The first-order valence-corrected chi connectivity index (χ1v) is 7.00. The molecule has 0 spiro atoms. The van der Waals surface area contributed by atoms with Gasteiger partial charge >= 0.3 is 0 Å². The van der Waals surface area contributed by atoms with Crippen molar-refractivity contribution in [3.8, 4) is 0 Å². The molecule has 0 aliphatic heterocycles. The van der Waals surface area contributed by atoms with Gasteiger partial charge in [-0.3, -0.25) is 10.1 Å². The van der Waals surface area contributed by atoms with E-state index in [-0.39, 0.29) is 12.3 Å². The van der Waals surface area contributed by atoms with E-state index in [9.17, 15) is 15.2 Å². The van der Waals surface area contributed by atoms with Crippen molar-refractivity contribution in [2.24, 2.45) is 0 Å². The van der Waals surface area contributed by atoms with Crippen molar-refractivity contribution in [1.82, 2.24) is 0 Å². The second-order valence-electron chi connectivity index (χ2n) is 4.34. The number of halogens is 1. The molecule has 0 unspecified atom stereocenters. The number of aliphatic hydroxyl groups excluding tert-OH is 1. The van der Waals surface area contributed by atoms with Crippen LogP contribution in [0, 0.1) is 20.6 Å². The summed E-state index contributed by atoms with van der Waals surface area (Å²) in [4.78, 5) is 10.3. The lowest BCUT2D eigenvalue weighted by molar-refractivity contribution is -0.384. The van der Waals surface area contributed by atoms with Crippen LogP contribution in [-0.2, 0) is 6.61 Å². The molecular weight excluding hydrogens is 371 g/mol. The Hall–Kier alpha value is -1.67. The number of benzene rings is 2. The molecule has 2 N–H and O–H groups in total. The fraction of sp³-hybridized carbons (Fsp3) is 0.143. The zero-order valence-corrected chi connectivity index (χ0v) is 12.9. The van der Waals surface area contributed by atoms with Gasteiger partial charge in [0.05, 0.1) is 11.5 Å². The maximum absolute atomic E-state index is 10.7. The predicted molar refractivity (Wildman–Crippen MR) is 86.2 cm³/mol. The molecule has 0 fully saturated rings. The van der Waals surface area contributed by atoms with Crippen LogP contribution in [0.3, 0.4) is 0 Å². The molecule has 104 valence electrons. The van der Waals surface area contributed by atoms with Gasteiger partial charge in [0.25, 0.3) is 5.69 Å². The largest absolute Gasteiger partial charge is 0.392 e. The molecule has 2 rings (SSSR count). The van der Waals surface area contributed by atoms with Gasteiger partial charge in [-0.25, -0.2) is 0 Å². The molecule has 20 heavy (non-hydrogen) atoms. The van der Waals surface area contributed by atoms with Crippen LogP contribution in [0.2, 0.25) is 0 Å². The van der Waals surface area contributed by atoms with Crippen molar-refractivity contribution in [3.05, 3.63) is 61.2 Å². The monoisotopic (exact) mass is 384 g/mol. The number of aliphatic hydroxyl groups is 1. The standard InChI is InChI=1S/C14H13IN2O3/c1-9-6-11(15)2-4-13(9)16-14-5-3-12(17(19)20)7-10(14)8-18/h2-7,16,18H,8H2,1H3. The molecule has 0 saturated carbocycles. The molecule has 0 atom stereocenters. The van der Waals surface area contributed by atoms with Gasteiger partial charge in [-0.05, 0) is 59.3 Å². The van der Waals surface area contributed by atoms with E-state index in [4.69, 9.17) is 0 Å². The summed E-state index contributed by atoms with van der Waals surface area (Å²) in [5, 5.41) is 23.3. The maximum atomic E-state index is 10.7. The lowest BCUT2D eigenvalue weighted by atomic mass is 10.1. The summed E-state index contributed by atoms with van der Waals surface area (Å²) in [5.41, 5.74) is 3.12. The van der Waals surface area contributed by atoms with Crippen LogP contribution in [0.5, 0.6) is 0 Å². The Balaban J connectivity index is 2.35. The van der Waals surface area contributed by atoms with Crippen LogP contribution in [0.15, 0.2) is 36.4 Å². The first kappa shape index (κ1) is 14.7. The lowest BCUT2D eigenvalue weighted by Gasteiger charge is -2.13. The van der Waals surface area contributed by atoms with Gasteiger partial charge in [-0.15, -0.1) is 0 Å². The predicted octanol–water partition coefficient (Wildman–Crippen LogP) is 3.74. The number of nitro benzene ring substituents is 1. The van der Waals surface area contributed by atoms with Crippen molar-refractivity contribution in [3.63, 3.8) is 0 Å². The lowest BCUT2D eigenvalue weighted by Crippen LogP contribution is -1.99. The Morgan fingerprint density at radius 2 is 1.95 bits per heavy atom. The van der Waals surface area contributed by atoms with Crippen molar-refractivity contribution >= 4 is 39.7 Å². The first-order chi connectivity index (χ1) is 9.51. The van der Waals surface area contributed by atoms with E-state index in [1.54, 1.807) is 6.07 Å². The first-order valence-electron chi connectivity index (χ1n) is 5.92. The third-order valence-corrected chi connectivity index (χ3v) is 3.60. The molecule has 0 radical (unpaired) electrons. The summed E-state index contributed by atoms with van der Waals surface area (Å²) >= 11 is 2.24. The molecule has 0 aliphatic carbocycles. The van der Waals surface area contributed by atoms with Gasteiger partial charge in [-0.1, -0.05) is 0 Å². The van der Waals surface area contributed by atoms with Gasteiger partial charge in [-0.2, -0.15) is 0 Å². The molecule has 0 aromatic heterocycles. The normalized spacial score (nSPS) is 10.3. The second kappa shape index (κ2) is 6.19. The summed E-state index contributed by atoms with van der Waals surface area (Å²) in [6.45, 7) is 1.72. The topological polar surface area (TPSA) is 75.4 Å². The zero-order chi connectivity index (χ0) is 14.7. The average molecular weight is 384 g/mol. The highest BCUT2D eigenvalue weighted by Gasteiger charge is 2.11. The Morgan fingerprint density at radius 3 is 2.55 bits per heavy atom. The molecule has 0 saturated heterocycles. The van der Waals surface area contributed by atoms with Crippen LogP contribution in [0.4, 0.5) is 17.1 Å². The third kappa shape index (κ3) is 3.26. The molecule has 0 bridgehead atoms. The SMILES string of the molecule is Cc1cc(I)ccc1Nc1ccc([N+](=O)[O-])cc1CO. The van der Waals surface area contributed by atoms with Crippen LogP contribution in [0.25, 0.3) is 0 Å². The van der Waals surface area contributed by atoms with E-state index in [0.29, 0.717) is 11.3 Å².